The molecule has 1 nitrogen and oxygen atoms in total. The van der Waals surface area contributed by atoms with Gasteiger partial charge in [-0.05, 0) is 30.4 Å². The summed E-state index contributed by atoms with van der Waals surface area (Å²) in [5.74, 6) is 1.96. The number of hydrogen-bond donors (Lipinski definition) is 1. The van der Waals surface area contributed by atoms with E-state index in [-0.39, 0.29) is 10.8 Å². The summed E-state index contributed by atoms with van der Waals surface area (Å²) in [6.07, 6.45) is 1.17. The minimum Gasteiger partial charge on any atom is -0.381 e. The zero-order valence-electron chi connectivity index (χ0n) is 7.59. The maximum absolute atomic E-state index is 12.8. The fourth-order valence-electron chi connectivity index (χ4n) is 1.47. The molecule has 0 unspecified atom stereocenters. The summed E-state index contributed by atoms with van der Waals surface area (Å²) in [6, 6.07) is 5.26. The maximum atomic E-state index is 12.8. The zero-order valence-corrected chi connectivity index (χ0v) is 9.17. The third kappa shape index (κ3) is 2.34. The Hall–Kier alpha value is -0.410. The van der Waals surface area contributed by atoms with E-state index in [1.165, 1.54) is 18.2 Å². The number of rotatable bonds is 2. The van der Waals surface area contributed by atoms with Gasteiger partial charge < -0.3 is 5.32 Å². The van der Waals surface area contributed by atoms with Gasteiger partial charge in [0.1, 0.15) is 5.82 Å². The van der Waals surface area contributed by atoms with Gasteiger partial charge >= 0.3 is 0 Å². The van der Waals surface area contributed by atoms with E-state index in [4.69, 9.17) is 11.6 Å². The monoisotopic (exact) mass is 231 g/mol. The van der Waals surface area contributed by atoms with Crippen LogP contribution in [0.5, 0.6) is 0 Å². The van der Waals surface area contributed by atoms with Crippen LogP contribution in [0.4, 0.5) is 10.1 Å². The van der Waals surface area contributed by atoms with Crippen LogP contribution in [0.2, 0.25) is 5.02 Å². The lowest BCUT2D eigenvalue weighted by Gasteiger charge is -2.12. The molecule has 4 heteroatoms. The molecular weight excluding hydrogens is 221 g/mol. The lowest BCUT2D eigenvalue weighted by atomic mass is 10.2. The first-order valence-electron chi connectivity index (χ1n) is 4.55. The molecule has 0 spiro atoms. The van der Waals surface area contributed by atoms with Gasteiger partial charge in [-0.2, -0.15) is 11.8 Å². The Labute approximate surface area is 92.0 Å². The van der Waals surface area contributed by atoms with Crippen molar-refractivity contribution in [1.29, 1.82) is 0 Å². The second-order valence-electron chi connectivity index (χ2n) is 3.33. The van der Waals surface area contributed by atoms with Gasteiger partial charge in [-0.25, -0.2) is 4.39 Å². The third-order valence-corrected chi connectivity index (χ3v) is 3.67. The van der Waals surface area contributed by atoms with Crippen LogP contribution in [0.3, 0.4) is 0 Å². The van der Waals surface area contributed by atoms with E-state index >= 15 is 0 Å². The number of nitrogens with one attached hydrogen (secondary N) is 1. The second-order valence-corrected chi connectivity index (χ2v) is 4.89. The molecule has 0 aliphatic carbocycles. The normalized spacial score (nSPS) is 21.1. The van der Waals surface area contributed by atoms with Crippen molar-refractivity contribution in [1.82, 2.24) is 0 Å². The molecule has 76 valence electrons. The fraction of sp³-hybridized carbons (Fsp3) is 0.400. The standard InChI is InChI=1S/C10H11ClFNS/c11-9-5-7(1-2-10(9)12)13-8-3-4-14-6-8/h1-2,5,8,13H,3-4,6H2/t8-/m0/s1. The summed E-state index contributed by atoms with van der Waals surface area (Å²) < 4.78 is 12.8. The summed E-state index contributed by atoms with van der Waals surface area (Å²) in [6.45, 7) is 0. The molecule has 0 amide bonds. The molecule has 14 heavy (non-hydrogen) atoms. The van der Waals surface area contributed by atoms with Gasteiger partial charge in [-0.3, -0.25) is 0 Å². The Balaban J connectivity index is 2.05. The SMILES string of the molecule is Fc1ccc(N[C@H]2CCSC2)cc1Cl. The highest BCUT2D eigenvalue weighted by Gasteiger charge is 2.15. The largest absolute Gasteiger partial charge is 0.381 e. The summed E-state index contributed by atoms with van der Waals surface area (Å²) >= 11 is 7.62. The predicted octanol–water partition coefficient (Wildman–Crippen LogP) is 3.40. The minimum atomic E-state index is -0.363. The van der Waals surface area contributed by atoms with E-state index < -0.39 is 0 Å². The molecule has 2 rings (SSSR count). The van der Waals surface area contributed by atoms with E-state index in [1.54, 1.807) is 12.1 Å². The Bertz CT molecular complexity index is 326. The summed E-state index contributed by atoms with van der Waals surface area (Å²) in [4.78, 5) is 0. The minimum absolute atomic E-state index is 0.181. The number of hydrogen-bond acceptors (Lipinski definition) is 2. The molecule has 0 saturated carbocycles. The summed E-state index contributed by atoms with van der Waals surface area (Å²) in [7, 11) is 0. The van der Waals surface area contributed by atoms with Crippen molar-refractivity contribution in [3.63, 3.8) is 0 Å². The first-order chi connectivity index (χ1) is 6.75. The molecule has 1 aromatic carbocycles. The van der Waals surface area contributed by atoms with Crippen molar-refractivity contribution in [2.24, 2.45) is 0 Å². The van der Waals surface area contributed by atoms with Crippen LogP contribution in [-0.2, 0) is 0 Å². The van der Waals surface area contributed by atoms with Gasteiger partial charge in [0, 0.05) is 17.5 Å². The van der Waals surface area contributed by atoms with Crippen LogP contribution in [0, 0.1) is 5.82 Å². The molecule has 1 heterocycles. The van der Waals surface area contributed by atoms with Crippen molar-refractivity contribution >= 4 is 29.1 Å². The molecular formula is C10H11ClFNS. The van der Waals surface area contributed by atoms with Crippen molar-refractivity contribution in [3.8, 4) is 0 Å². The quantitative estimate of drug-likeness (QED) is 0.838. The molecule has 1 aliphatic heterocycles. The van der Waals surface area contributed by atoms with E-state index in [1.807, 2.05) is 11.8 Å². The van der Waals surface area contributed by atoms with E-state index in [0.29, 0.717) is 6.04 Å². The van der Waals surface area contributed by atoms with Crippen molar-refractivity contribution in [2.45, 2.75) is 12.5 Å². The van der Waals surface area contributed by atoms with Crippen LogP contribution in [0.15, 0.2) is 18.2 Å². The second kappa shape index (κ2) is 4.41. The lowest BCUT2D eigenvalue weighted by molar-refractivity contribution is 0.628. The summed E-state index contributed by atoms with van der Waals surface area (Å²) in [5.41, 5.74) is 0.906. The number of halogens is 2. The van der Waals surface area contributed by atoms with Gasteiger partial charge in [-0.15, -0.1) is 0 Å². The molecule has 0 aromatic heterocycles. The molecule has 1 saturated heterocycles. The van der Waals surface area contributed by atoms with Gasteiger partial charge in [0.15, 0.2) is 0 Å². The Morgan fingerprint density at radius 2 is 2.36 bits per heavy atom. The molecule has 1 atom stereocenters. The number of benzene rings is 1. The van der Waals surface area contributed by atoms with Crippen LogP contribution >= 0.6 is 23.4 Å². The molecule has 0 bridgehead atoms. The van der Waals surface area contributed by atoms with Crippen molar-refractivity contribution < 1.29 is 4.39 Å². The number of thioether (sulfide) groups is 1. The Morgan fingerprint density at radius 1 is 1.50 bits per heavy atom. The predicted molar refractivity (Wildman–Crippen MR) is 60.8 cm³/mol. The van der Waals surface area contributed by atoms with Gasteiger partial charge in [0.2, 0.25) is 0 Å². The van der Waals surface area contributed by atoms with E-state index in [9.17, 15) is 4.39 Å². The molecule has 1 N–H and O–H groups in total. The van der Waals surface area contributed by atoms with Crippen molar-refractivity contribution in [3.05, 3.63) is 29.0 Å². The van der Waals surface area contributed by atoms with Crippen molar-refractivity contribution in [2.75, 3.05) is 16.8 Å². The smallest absolute Gasteiger partial charge is 0.141 e. The fourth-order valence-corrected chi connectivity index (χ4v) is 2.80. The van der Waals surface area contributed by atoms with Gasteiger partial charge in [-0.1, -0.05) is 11.6 Å². The highest BCUT2D eigenvalue weighted by molar-refractivity contribution is 7.99. The maximum Gasteiger partial charge on any atom is 0.141 e. The first-order valence-corrected chi connectivity index (χ1v) is 6.08. The average molecular weight is 232 g/mol. The van der Waals surface area contributed by atoms with Gasteiger partial charge in [0.05, 0.1) is 5.02 Å². The molecule has 0 radical (unpaired) electrons. The molecule has 1 fully saturated rings. The van der Waals surface area contributed by atoms with E-state index in [0.717, 1.165) is 11.4 Å². The zero-order chi connectivity index (χ0) is 9.97. The Kier molecular flexibility index (Phi) is 3.19. The third-order valence-electron chi connectivity index (χ3n) is 2.22. The summed E-state index contributed by atoms with van der Waals surface area (Å²) in [5, 5.41) is 3.52. The lowest BCUT2D eigenvalue weighted by Crippen LogP contribution is -2.17. The van der Waals surface area contributed by atoms with Gasteiger partial charge in [0.25, 0.3) is 0 Å². The topological polar surface area (TPSA) is 12.0 Å². The van der Waals surface area contributed by atoms with Crippen LogP contribution in [0.25, 0.3) is 0 Å². The number of anilines is 1. The van der Waals surface area contributed by atoms with Crippen LogP contribution < -0.4 is 5.32 Å². The van der Waals surface area contributed by atoms with Crippen LogP contribution in [-0.4, -0.2) is 17.5 Å². The molecule has 1 aromatic rings. The van der Waals surface area contributed by atoms with Crippen LogP contribution in [0.1, 0.15) is 6.42 Å². The molecule has 1 aliphatic rings. The highest BCUT2D eigenvalue weighted by Crippen LogP contribution is 2.24. The first kappa shape index (κ1) is 10.1. The average Bonchev–Trinajstić information content (AvgIpc) is 2.64. The van der Waals surface area contributed by atoms with E-state index in [2.05, 4.69) is 5.32 Å². The highest BCUT2D eigenvalue weighted by atomic mass is 35.5. The Morgan fingerprint density at radius 3 is 3.00 bits per heavy atom.